The fourth-order valence-electron chi connectivity index (χ4n) is 2.74. The number of morpholine rings is 1. The molecule has 0 atom stereocenters. The molecule has 3 rings (SSSR count). The van der Waals surface area contributed by atoms with Crippen LogP contribution < -0.4 is 9.64 Å². The molecule has 1 aliphatic rings. The molecule has 1 saturated heterocycles. The Balaban J connectivity index is 1.57. The lowest BCUT2D eigenvalue weighted by Gasteiger charge is -2.26. The van der Waals surface area contributed by atoms with Crippen LogP contribution in [0.4, 0.5) is 11.4 Å². The molecule has 0 spiro atoms. The van der Waals surface area contributed by atoms with Gasteiger partial charge in [-0.1, -0.05) is 0 Å². The first-order valence-electron chi connectivity index (χ1n) is 9.12. The summed E-state index contributed by atoms with van der Waals surface area (Å²) in [5, 5.41) is 0. The number of anilines is 1. The van der Waals surface area contributed by atoms with Crippen LogP contribution in [-0.4, -0.2) is 64.0 Å². The predicted octanol–water partition coefficient (Wildman–Crippen LogP) is 3.50. The lowest BCUT2D eigenvalue weighted by atomic mass is 10.2. The zero-order valence-electron chi connectivity index (χ0n) is 16.1. The van der Waals surface area contributed by atoms with Crippen molar-refractivity contribution in [1.29, 1.82) is 0 Å². The zero-order chi connectivity index (χ0) is 19.9. The van der Waals surface area contributed by atoms with Crippen molar-refractivity contribution in [3.63, 3.8) is 0 Å². The molecule has 6 nitrogen and oxygen atoms in total. The molecule has 0 aromatic heterocycles. The van der Waals surface area contributed by atoms with Crippen LogP contribution >= 0.6 is 15.9 Å². The Hall–Kier alpha value is -2.38. The highest BCUT2D eigenvalue weighted by Gasteiger charge is 2.17. The average Bonchev–Trinajstić information content (AvgIpc) is 2.72. The Kier molecular flexibility index (Phi) is 7.06. The second-order valence-electron chi connectivity index (χ2n) is 6.64. The van der Waals surface area contributed by atoms with Gasteiger partial charge in [0.1, 0.15) is 5.75 Å². The number of amides is 1. The molecular formula is C21H24BrN3O3. The van der Waals surface area contributed by atoms with Crippen molar-refractivity contribution in [3.8, 4) is 5.75 Å². The van der Waals surface area contributed by atoms with E-state index in [1.807, 2.05) is 61.5 Å². The highest BCUT2D eigenvalue weighted by Crippen LogP contribution is 2.26. The maximum atomic E-state index is 12.2. The van der Waals surface area contributed by atoms with E-state index < -0.39 is 0 Å². The third kappa shape index (κ3) is 5.56. The summed E-state index contributed by atoms with van der Waals surface area (Å²) in [7, 11) is 4.02. The molecular weight excluding hydrogens is 422 g/mol. The zero-order valence-corrected chi connectivity index (χ0v) is 17.7. The third-order valence-electron chi connectivity index (χ3n) is 4.40. The van der Waals surface area contributed by atoms with Crippen molar-refractivity contribution in [2.45, 2.75) is 0 Å². The number of benzene rings is 2. The van der Waals surface area contributed by atoms with Crippen LogP contribution in [0.25, 0.3) is 0 Å². The van der Waals surface area contributed by atoms with Gasteiger partial charge >= 0.3 is 0 Å². The van der Waals surface area contributed by atoms with Crippen molar-refractivity contribution in [1.82, 2.24) is 4.90 Å². The van der Waals surface area contributed by atoms with Crippen LogP contribution in [-0.2, 0) is 9.53 Å². The first-order chi connectivity index (χ1) is 13.5. The number of hydrogen-bond acceptors (Lipinski definition) is 5. The largest absolute Gasteiger partial charge is 0.483 e. The van der Waals surface area contributed by atoms with Crippen LogP contribution in [0.5, 0.6) is 5.75 Å². The van der Waals surface area contributed by atoms with E-state index in [-0.39, 0.29) is 12.5 Å². The standard InChI is InChI=1S/C21H24BrN3O3/c1-24(2)18-6-4-17(5-7-18)23-14-16-3-8-20(19(22)13-16)28-15-21(26)25-9-11-27-12-10-25/h3-8,13-14H,9-12,15H2,1-2H3. The number of rotatable bonds is 6. The molecule has 2 aromatic carbocycles. The molecule has 1 aliphatic heterocycles. The number of carbonyl (C=O) groups is 1. The summed E-state index contributed by atoms with van der Waals surface area (Å²) in [6.07, 6.45) is 1.80. The molecule has 1 fully saturated rings. The molecule has 0 bridgehead atoms. The van der Waals surface area contributed by atoms with E-state index in [9.17, 15) is 4.79 Å². The number of nitrogens with zero attached hydrogens (tertiary/aromatic N) is 3. The van der Waals surface area contributed by atoms with Gasteiger partial charge in [0.05, 0.1) is 23.4 Å². The molecule has 0 aliphatic carbocycles. The summed E-state index contributed by atoms with van der Waals surface area (Å²) in [6, 6.07) is 13.7. The van der Waals surface area contributed by atoms with E-state index in [0.717, 1.165) is 21.4 Å². The maximum absolute atomic E-state index is 12.2. The number of hydrogen-bond donors (Lipinski definition) is 0. The smallest absolute Gasteiger partial charge is 0.260 e. The van der Waals surface area contributed by atoms with Crippen molar-refractivity contribution >= 4 is 39.4 Å². The Bertz CT molecular complexity index is 831. The quantitative estimate of drug-likeness (QED) is 0.638. The topological polar surface area (TPSA) is 54.4 Å². The molecule has 28 heavy (non-hydrogen) atoms. The van der Waals surface area contributed by atoms with Crippen LogP contribution in [0.2, 0.25) is 0 Å². The van der Waals surface area contributed by atoms with Gasteiger partial charge in [0.25, 0.3) is 5.91 Å². The number of halogens is 1. The summed E-state index contributed by atoms with van der Waals surface area (Å²) in [4.78, 5) is 20.5. The fourth-order valence-corrected chi connectivity index (χ4v) is 3.25. The normalized spacial score (nSPS) is 14.3. The van der Waals surface area contributed by atoms with Gasteiger partial charge in [-0.25, -0.2) is 0 Å². The molecule has 148 valence electrons. The van der Waals surface area contributed by atoms with Crippen LogP contribution in [0, 0.1) is 0 Å². The second-order valence-corrected chi connectivity index (χ2v) is 7.50. The number of carbonyl (C=O) groups excluding carboxylic acids is 1. The van der Waals surface area contributed by atoms with Crippen LogP contribution in [0.3, 0.4) is 0 Å². The van der Waals surface area contributed by atoms with Gasteiger partial charge in [0, 0.05) is 39.1 Å². The molecule has 0 radical (unpaired) electrons. The van der Waals surface area contributed by atoms with Gasteiger partial charge in [0.2, 0.25) is 0 Å². The highest BCUT2D eigenvalue weighted by atomic mass is 79.9. The van der Waals surface area contributed by atoms with Crippen molar-refractivity contribution in [2.24, 2.45) is 4.99 Å². The Morgan fingerprint density at radius 2 is 1.93 bits per heavy atom. The molecule has 7 heteroatoms. The third-order valence-corrected chi connectivity index (χ3v) is 5.02. The first kappa shape index (κ1) is 20.4. The molecule has 2 aromatic rings. The minimum atomic E-state index is -0.0259. The van der Waals surface area contributed by atoms with Gasteiger partial charge in [-0.15, -0.1) is 0 Å². The van der Waals surface area contributed by atoms with E-state index in [2.05, 4.69) is 20.9 Å². The van der Waals surface area contributed by atoms with Crippen LogP contribution in [0.1, 0.15) is 5.56 Å². The summed E-state index contributed by atoms with van der Waals surface area (Å²) in [6.45, 7) is 2.43. The SMILES string of the molecule is CN(C)c1ccc(N=Cc2ccc(OCC(=O)N3CCOCC3)c(Br)c2)cc1. The summed E-state index contributed by atoms with van der Waals surface area (Å²) >= 11 is 3.51. The molecule has 0 saturated carbocycles. The van der Waals surface area contributed by atoms with Gasteiger partial charge in [0.15, 0.2) is 6.61 Å². The summed E-state index contributed by atoms with van der Waals surface area (Å²) < 4.78 is 11.7. The summed E-state index contributed by atoms with van der Waals surface area (Å²) in [5.41, 5.74) is 2.96. The highest BCUT2D eigenvalue weighted by molar-refractivity contribution is 9.10. The minimum absolute atomic E-state index is 0.0181. The fraction of sp³-hybridized carbons (Fsp3) is 0.333. The van der Waals surface area contributed by atoms with Crippen LogP contribution in [0.15, 0.2) is 51.9 Å². The number of ether oxygens (including phenoxy) is 2. The van der Waals surface area contributed by atoms with Gasteiger partial charge < -0.3 is 19.3 Å². The monoisotopic (exact) mass is 445 g/mol. The van der Waals surface area contributed by atoms with Gasteiger partial charge in [-0.3, -0.25) is 9.79 Å². The van der Waals surface area contributed by atoms with Crippen molar-refractivity contribution < 1.29 is 14.3 Å². The maximum Gasteiger partial charge on any atom is 0.260 e. The Morgan fingerprint density at radius 1 is 1.21 bits per heavy atom. The molecule has 1 heterocycles. The van der Waals surface area contributed by atoms with E-state index >= 15 is 0 Å². The first-order valence-corrected chi connectivity index (χ1v) is 9.91. The van der Waals surface area contributed by atoms with Gasteiger partial charge in [-0.2, -0.15) is 0 Å². The Labute approximate surface area is 173 Å². The minimum Gasteiger partial charge on any atom is -0.483 e. The molecule has 0 unspecified atom stereocenters. The predicted molar refractivity (Wildman–Crippen MR) is 115 cm³/mol. The lowest BCUT2D eigenvalue weighted by molar-refractivity contribution is -0.137. The van der Waals surface area contributed by atoms with Crippen molar-refractivity contribution in [3.05, 3.63) is 52.5 Å². The Morgan fingerprint density at radius 3 is 2.57 bits per heavy atom. The van der Waals surface area contributed by atoms with E-state index in [1.165, 1.54) is 0 Å². The van der Waals surface area contributed by atoms with Gasteiger partial charge in [-0.05, 0) is 64.0 Å². The van der Waals surface area contributed by atoms with E-state index in [4.69, 9.17) is 9.47 Å². The molecule has 0 N–H and O–H groups in total. The van der Waals surface area contributed by atoms with Crippen molar-refractivity contribution in [2.75, 3.05) is 51.9 Å². The average molecular weight is 446 g/mol. The van der Waals surface area contributed by atoms with E-state index in [0.29, 0.717) is 32.1 Å². The lowest BCUT2D eigenvalue weighted by Crippen LogP contribution is -2.43. The van der Waals surface area contributed by atoms with E-state index in [1.54, 1.807) is 11.1 Å². The summed E-state index contributed by atoms with van der Waals surface area (Å²) in [5.74, 6) is 0.608. The second kappa shape index (κ2) is 9.71. The number of aliphatic imine (C=N–C) groups is 1. The molecule has 1 amide bonds.